The van der Waals surface area contributed by atoms with Gasteiger partial charge in [0.25, 0.3) is 0 Å². The summed E-state index contributed by atoms with van der Waals surface area (Å²) in [6, 6.07) is 1.12. The van der Waals surface area contributed by atoms with Crippen LogP contribution in [0.25, 0.3) is 0 Å². The number of rotatable bonds is 4. The number of hydrogen-bond acceptors (Lipinski definition) is 8. The van der Waals surface area contributed by atoms with E-state index in [0.29, 0.717) is 35.2 Å². The van der Waals surface area contributed by atoms with Gasteiger partial charge in [0.1, 0.15) is 6.23 Å². The van der Waals surface area contributed by atoms with E-state index in [1.54, 1.807) is 0 Å². The summed E-state index contributed by atoms with van der Waals surface area (Å²) in [4.78, 5) is 0. The summed E-state index contributed by atoms with van der Waals surface area (Å²) in [5.74, 6) is 2.56. The average Bonchev–Trinajstić information content (AvgIpc) is 3.40. The molecule has 3 aliphatic heterocycles. The molecule has 5 aliphatic rings. The maximum atomic E-state index is 10.8. The normalized spacial score (nSPS) is 46.6. The Bertz CT molecular complexity index is 657. The molecule has 8 heteroatoms. The zero-order chi connectivity index (χ0) is 19.3. The minimum Gasteiger partial charge on any atom is -0.402 e. The first-order valence-electron chi connectivity index (χ1n) is 10.8. The quantitative estimate of drug-likeness (QED) is 0.249. The molecule has 0 amide bonds. The molecule has 0 aromatic rings. The molecule has 0 bridgehead atoms. The molecule has 3 saturated heterocycles. The highest BCUT2D eigenvalue weighted by Crippen LogP contribution is 2.42. The van der Waals surface area contributed by atoms with Crippen LogP contribution in [0.5, 0.6) is 0 Å². The lowest BCUT2D eigenvalue weighted by Crippen LogP contribution is -2.55. The van der Waals surface area contributed by atoms with Crippen molar-refractivity contribution >= 4 is 11.8 Å². The largest absolute Gasteiger partial charge is 0.402 e. The zero-order valence-corrected chi connectivity index (χ0v) is 17.3. The standard InChI is InChI=1S/C20H34N6OS/c1-10-24-19(9-28-10)20(27)25-17-4-11(5-18-15(17)8-23-26-18)14-6-12(21)7-16-13(14)2-3-22-16/h4,7,10,13-20,22-27H,2-3,5-6,8-9,21H2,1H3. The Balaban J connectivity index is 1.36. The first-order valence-corrected chi connectivity index (χ1v) is 11.8. The molecule has 3 heterocycles. The van der Waals surface area contributed by atoms with E-state index in [9.17, 15) is 5.11 Å². The summed E-state index contributed by atoms with van der Waals surface area (Å²) in [7, 11) is 0. The molecular formula is C20H34N6OS. The van der Waals surface area contributed by atoms with Gasteiger partial charge in [-0.2, -0.15) is 0 Å². The van der Waals surface area contributed by atoms with Crippen LogP contribution in [0.4, 0.5) is 0 Å². The van der Waals surface area contributed by atoms with Crippen LogP contribution < -0.4 is 32.5 Å². The van der Waals surface area contributed by atoms with E-state index in [1.807, 2.05) is 11.8 Å². The number of nitrogens with two attached hydrogens (primary N) is 1. The molecule has 7 nitrogen and oxygen atoms in total. The minimum absolute atomic E-state index is 0.108. The Morgan fingerprint density at radius 2 is 2.18 bits per heavy atom. The predicted molar refractivity (Wildman–Crippen MR) is 113 cm³/mol. The summed E-state index contributed by atoms with van der Waals surface area (Å²) in [6.45, 7) is 4.17. The van der Waals surface area contributed by atoms with Crippen LogP contribution in [0.2, 0.25) is 0 Å². The third-order valence-electron chi connectivity index (χ3n) is 7.33. The molecule has 8 N–H and O–H groups in total. The number of allylic oxidation sites excluding steroid dienone is 1. The van der Waals surface area contributed by atoms with Crippen molar-refractivity contribution in [1.29, 1.82) is 0 Å². The summed E-state index contributed by atoms with van der Waals surface area (Å²) >= 11 is 1.87. The van der Waals surface area contributed by atoms with Crippen LogP contribution in [0.3, 0.4) is 0 Å². The fourth-order valence-electron chi connectivity index (χ4n) is 5.89. The molecule has 0 saturated carbocycles. The minimum atomic E-state index is -0.531. The van der Waals surface area contributed by atoms with Gasteiger partial charge in [-0.3, -0.25) is 21.5 Å². The molecule has 156 valence electrons. The molecule has 5 rings (SSSR count). The van der Waals surface area contributed by atoms with Crippen LogP contribution in [-0.4, -0.2) is 59.7 Å². The van der Waals surface area contributed by atoms with Crippen molar-refractivity contribution < 1.29 is 5.11 Å². The molecule has 3 fully saturated rings. The average molecular weight is 407 g/mol. The molecule has 0 radical (unpaired) electrons. The number of hydrazine groups is 1. The van der Waals surface area contributed by atoms with Crippen molar-refractivity contribution in [2.75, 3.05) is 18.8 Å². The SMILES string of the molecule is CC1NC(C(O)NC2C=C(C3CC(N)=CC4NCCC43)CC3NNCC23)CS1. The Hall–Kier alpha value is -0.610. The second-order valence-electron chi connectivity index (χ2n) is 9.11. The van der Waals surface area contributed by atoms with Gasteiger partial charge in [0.15, 0.2) is 0 Å². The van der Waals surface area contributed by atoms with E-state index >= 15 is 0 Å². The van der Waals surface area contributed by atoms with Crippen LogP contribution in [-0.2, 0) is 0 Å². The summed E-state index contributed by atoms with van der Waals surface area (Å²) in [5, 5.41) is 21.9. The Morgan fingerprint density at radius 1 is 1.29 bits per heavy atom. The lowest BCUT2D eigenvalue weighted by molar-refractivity contribution is 0.0858. The molecular weight excluding hydrogens is 372 g/mol. The summed E-state index contributed by atoms with van der Waals surface area (Å²) < 4.78 is 0. The fraction of sp³-hybridized carbons (Fsp3) is 0.800. The monoisotopic (exact) mass is 406 g/mol. The van der Waals surface area contributed by atoms with Gasteiger partial charge in [0.2, 0.25) is 0 Å². The molecule has 9 unspecified atom stereocenters. The molecule has 0 aromatic carbocycles. The third kappa shape index (κ3) is 3.64. The lowest BCUT2D eigenvalue weighted by atomic mass is 9.69. The molecule has 2 aliphatic carbocycles. The maximum Gasteiger partial charge on any atom is 0.121 e. The van der Waals surface area contributed by atoms with Gasteiger partial charge in [-0.25, -0.2) is 0 Å². The van der Waals surface area contributed by atoms with Gasteiger partial charge < -0.3 is 16.2 Å². The van der Waals surface area contributed by atoms with Gasteiger partial charge in [0.05, 0.1) is 11.4 Å². The topological polar surface area (TPSA) is 106 Å². The lowest BCUT2D eigenvalue weighted by Gasteiger charge is -2.40. The van der Waals surface area contributed by atoms with E-state index in [1.165, 1.54) is 12.0 Å². The van der Waals surface area contributed by atoms with Gasteiger partial charge in [-0.1, -0.05) is 11.6 Å². The van der Waals surface area contributed by atoms with Crippen LogP contribution >= 0.6 is 11.8 Å². The molecule has 9 atom stereocenters. The number of hydrogen-bond donors (Lipinski definition) is 7. The van der Waals surface area contributed by atoms with Crippen LogP contribution in [0.1, 0.15) is 26.2 Å². The summed E-state index contributed by atoms with van der Waals surface area (Å²) in [6.07, 6.45) is 7.40. The van der Waals surface area contributed by atoms with E-state index in [4.69, 9.17) is 5.73 Å². The maximum absolute atomic E-state index is 10.8. The van der Waals surface area contributed by atoms with Crippen molar-refractivity contribution in [2.24, 2.45) is 23.5 Å². The predicted octanol–water partition coefficient (Wildman–Crippen LogP) is -0.423. The van der Waals surface area contributed by atoms with Gasteiger partial charge in [-0.05, 0) is 50.6 Å². The summed E-state index contributed by atoms with van der Waals surface area (Å²) in [5.41, 5.74) is 15.7. The van der Waals surface area contributed by atoms with Crippen LogP contribution in [0, 0.1) is 17.8 Å². The zero-order valence-electron chi connectivity index (χ0n) is 16.5. The van der Waals surface area contributed by atoms with Crippen molar-refractivity contribution in [3.05, 3.63) is 23.4 Å². The number of thioether (sulfide) groups is 1. The van der Waals surface area contributed by atoms with Gasteiger partial charge in [0, 0.05) is 42.0 Å². The highest BCUT2D eigenvalue weighted by Gasteiger charge is 2.43. The van der Waals surface area contributed by atoms with Crippen LogP contribution in [0.15, 0.2) is 23.4 Å². The van der Waals surface area contributed by atoms with Crippen molar-refractivity contribution in [3.63, 3.8) is 0 Å². The highest BCUT2D eigenvalue weighted by molar-refractivity contribution is 8.00. The second-order valence-corrected chi connectivity index (χ2v) is 10.5. The fourth-order valence-corrected chi connectivity index (χ4v) is 6.94. The highest BCUT2D eigenvalue weighted by atomic mass is 32.2. The Kier molecular flexibility index (Phi) is 5.47. The first kappa shape index (κ1) is 19.4. The third-order valence-corrected chi connectivity index (χ3v) is 8.52. The Labute approximate surface area is 171 Å². The first-order chi connectivity index (χ1) is 13.6. The van der Waals surface area contributed by atoms with Crippen molar-refractivity contribution in [3.8, 4) is 0 Å². The van der Waals surface area contributed by atoms with Gasteiger partial charge in [-0.15, -0.1) is 11.8 Å². The molecule has 28 heavy (non-hydrogen) atoms. The number of fused-ring (bicyclic) bond motifs is 2. The number of aliphatic hydroxyl groups is 1. The number of nitrogens with one attached hydrogen (secondary N) is 5. The second kappa shape index (κ2) is 7.91. The van der Waals surface area contributed by atoms with Gasteiger partial charge >= 0.3 is 0 Å². The van der Waals surface area contributed by atoms with Crippen molar-refractivity contribution in [1.82, 2.24) is 26.8 Å². The van der Waals surface area contributed by atoms with E-state index in [2.05, 4.69) is 45.9 Å². The van der Waals surface area contributed by atoms with E-state index in [-0.39, 0.29) is 12.1 Å². The molecule has 0 aromatic heterocycles. The number of aliphatic hydroxyl groups excluding tert-OH is 1. The van der Waals surface area contributed by atoms with Crippen molar-refractivity contribution in [2.45, 2.75) is 62.0 Å². The van der Waals surface area contributed by atoms with E-state index in [0.717, 1.165) is 37.4 Å². The van der Waals surface area contributed by atoms with E-state index < -0.39 is 6.23 Å². The Morgan fingerprint density at radius 3 is 3.00 bits per heavy atom. The smallest absolute Gasteiger partial charge is 0.121 e. The molecule has 0 spiro atoms.